The number of hydrogen-bond acceptors (Lipinski definition) is 2. The predicted molar refractivity (Wildman–Crippen MR) is 79.6 cm³/mol. The summed E-state index contributed by atoms with van der Waals surface area (Å²) < 4.78 is 0. The Labute approximate surface area is 116 Å². The van der Waals surface area contributed by atoms with Crippen LogP contribution in [0.5, 0.6) is 0 Å². The molecular formula is C17H25NO. The molecule has 19 heavy (non-hydrogen) atoms. The summed E-state index contributed by atoms with van der Waals surface area (Å²) in [5, 5.41) is 0. The number of Topliss-reactive ketones (excluding diaryl/α,β-unsaturated/α-hetero) is 1. The fourth-order valence-corrected chi connectivity index (χ4v) is 2.95. The average Bonchev–Trinajstić information content (AvgIpc) is 2.46. The lowest BCUT2D eigenvalue weighted by molar-refractivity contribution is 0.0778. The normalized spacial score (nSPS) is 18.5. The van der Waals surface area contributed by atoms with Gasteiger partial charge in [-0.15, -0.1) is 0 Å². The highest BCUT2D eigenvalue weighted by molar-refractivity contribution is 5.99. The van der Waals surface area contributed by atoms with Crippen LogP contribution in [0.15, 0.2) is 24.3 Å². The van der Waals surface area contributed by atoms with Gasteiger partial charge in [0.2, 0.25) is 0 Å². The van der Waals surface area contributed by atoms with Gasteiger partial charge < -0.3 is 0 Å². The van der Waals surface area contributed by atoms with Gasteiger partial charge in [-0.2, -0.15) is 0 Å². The predicted octanol–water partition coefficient (Wildman–Crippen LogP) is 3.83. The van der Waals surface area contributed by atoms with Crippen LogP contribution in [0.1, 0.15) is 54.9 Å². The quantitative estimate of drug-likeness (QED) is 0.766. The highest BCUT2D eigenvalue weighted by Crippen LogP contribution is 2.24. The summed E-state index contributed by atoms with van der Waals surface area (Å²) in [5.41, 5.74) is 2.03. The van der Waals surface area contributed by atoms with Gasteiger partial charge in [-0.1, -0.05) is 49.1 Å². The van der Waals surface area contributed by atoms with E-state index in [1.165, 1.54) is 37.7 Å². The highest BCUT2D eigenvalue weighted by atomic mass is 16.1. The van der Waals surface area contributed by atoms with E-state index in [9.17, 15) is 4.79 Å². The van der Waals surface area contributed by atoms with Crippen molar-refractivity contribution < 1.29 is 4.79 Å². The molecule has 0 N–H and O–H groups in total. The zero-order valence-electron chi connectivity index (χ0n) is 12.4. The summed E-state index contributed by atoms with van der Waals surface area (Å²) in [6, 6.07) is 8.48. The second-order valence-corrected chi connectivity index (χ2v) is 5.86. The Morgan fingerprint density at radius 1 is 1.16 bits per heavy atom. The number of carbonyl (C=O) groups is 1. The van der Waals surface area contributed by atoms with E-state index in [0.717, 1.165) is 5.56 Å². The molecule has 2 rings (SSSR count). The maximum Gasteiger partial charge on any atom is 0.179 e. The molecule has 0 heterocycles. The smallest absolute Gasteiger partial charge is 0.179 e. The van der Waals surface area contributed by atoms with Crippen LogP contribution in [0.4, 0.5) is 0 Å². The van der Waals surface area contributed by atoms with Crippen molar-refractivity contribution in [3.8, 4) is 0 Å². The number of aryl methyl sites for hydroxylation is 1. The van der Waals surface area contributed by atoms with Crippen molar-refractivity contribution in [3.05, 3.63) is 35.4 Å². The lowest BCUT2D eigenvalue weighted by Crippen LogP contribution is -2.43. The second kappa shape index (κ2) is 6.33. The van der Waals surface area contributed by atoms with E-state index in [1.807, 2.05) is 38.1 Å². The molecule has 0 aromatic heterocycles. The van der Waals surface area contributed by atoms with Crippen molar-refractivity contribution in [3.63, 3.8) is 0 Å². The van der Waals surface area contributed by atoms with Gasteiger partial charge in [-0.25, -0.2) is 0 Å². The maximum atomic E-state index is 12.5. The number of hydrogen-bond donors (Lipinski definition) is 0. The molecule has 1 atom stereocenters. The van der Waals surface area contributed by atoms with E-state index in [1.54, 1.807) is 0 Å². The summed E-state index contributed by atoms with van der Waals surface area (Å²) >= 11 is 0. The van der Waals surface area contributed by atoms with Crippen LogP contribution in [-0.2, 0) is 0 Å². The van der Waals surface area contributed by atoms with Crippen molar-refractivity contribution in [2.24, 2.45) is 0 Å². The van der Waals surface area contributed by atoms with E-state index in [0.29, 0.717) is 6.04 Å². The molecule has 2 heteroatoms. The zero-order valence-corrected chi connectivity index (χ0v) is 12.4. The first kappa shape index (κ1) is 14.3. The van der Waals surface area contributed by atoms with Gasteiger partial charge in [-0.05, 0) is 33.7 Å². The van der Waals surface area contributed by atoms with Crippen molar-refractivity contribution >= 4 is 5.78 Å². The minimum absolute atomic E-state index is 0.0224. The average molecular weight is 259 g/mol. The third-order valence-corrected chi connectivity index (χ3v) is 4.48. The molecule has 0 spiro atoms. The van der Waals surface area contributed by atoms with Gasteiger partial charge in [0.05, 0.1) is 6.04 Å². The van der Waals surface area contributed by atoms with Crippen molar-refractivity contribution in [2.75, 3.05) is 7.05 Å². The molecule has 1 unspecified atom stereocenters. The Morgan fingerprint density at radius 2 is 1.74 bits per heavy atom. The van der Waals surface area contributed by atoms with Crippen molar-refractivity contribution in [1.29, 1.82) is 0 Å². The van der Waals surface area contributed by atoms with E-state index in [-0.39, 0.29) is 11.8 Å². The molecule has 0 amide bonds. The van der Waals surface area contributed by atoms with E-state index >= 15 is 0 Å². The fraction of sp³-hybridized carbons (Fsp3) is 0.588. The van der Waals surface area contributed by atoms with Crippen LogP contribution >= 0.6 is 0 Å². The van der Waals surface area contributed by atoms with Crippen molar-refractivity contribution in [2.45, 2.75) is 58.0 Å². The molecule has 0 aliphatic heterocycles. The van der Waals surface area contributed by atoms with Gasteiger partial charge in [0, 0.05) is 11.6 Å². The molecular weight excluding hydrogens is 234 g/mol. The largest absolute Gasteiger partial charge is 0.294 e. The summed E-state index contributed by atoms with van der Waals surface area (Å²) in [6.45, 7) is 4.09. The number of carbonyl (C=O) groups excluding carboxylic acids is 1. The summed E-state index contributed by atoms with van der Waals surface area (Å²) in [4.78, 5) is 14.8. The Morgan fingerprint density at radius 3 is 2.32 bits per heavy atom. The molecule has 1 saturated carbocycles. The summed E-state index contributed by atoms with van der Waals surface area (Å²) in [6.07, 6.45) is 6.44. The minimum Gasteiger partial charge on any atom is -0.294 e. The number of nitrogens with zero attached hydrogens (tertiary/aromatic N) is 1. The first-order valence-corrected chi connectivity index (χ1v) is 7.42. The van der Waals surface area contributed by atoms with Gasteiger partial charge in [-0.3, -0.25) is 9.69 Å². The first-order chi connectivity index (χ1) is 9.09. The molecule has 0 radical (unpaired) electrons. The molecule has 0 bridgehead atoms. The number of ketones is 1. The number of benzene rings is 1. The van der Waals surface area contributed by atoms with Gasteiger partial charge in [0.1, 0.15) is 0 Å². The molecule has 104 valence electrons. The third kappa shape index (κ3) is 3.44. The molecule has 1 aromatic carbocycles. The topological polar surface area (TPSA) is 20.3 Å². The van der Waals surface area contributed by atoms with Crippen LogP contribution < -0.4 is 0 Å². The standard InChI is InChI=1S/C17H25NO/c1-13-9-11-15(12-10-13)17(19)14(2)18(3)16-7-5-4-6-8-16/h9-12,14,16H,4-8H2,1-3H3. The second-order valence-electron chi connectivity index (χ2n) is 5.86. The van der Waals surface area contributed by atoms with Crippen LogP contribution in [0.2, 0.25) is 0 Å². The van der Waals surface area contributed by atoms with Crippen LogP contribution in [0, 0.1) is 6.92 Å². The van der Waals surface area contributed by atoms with Crippen LogP contribution in [-0.4, -0.2) is 29.8 Å². The lowest BCUT2D eigenvalue weighted by Gasteiger charge is -2.34. The molecule has 0 saturated heterocycles. The summed E-state index contributed by atoms with van der Waals surface area (Å²) in [5.74, 6) is 0.244. The maximum absolute atomic E-state index is 12.5. The van der Waals surface area contributed by atoms with E-state index in [4.69, 9.17) is 0 Å². The zero-order chi connectivity index (χ0) is 13.8. The van der Waals surface area contributed by atoms with Gasteiger partial charge in [0.25, 0.3) is 0 Å². The van der Waals surface area contributed by atoms with E-state index < -0.39 is 0 Å². The third-order valence-electron chi connectivity index (χ3n) is 4.48. The Kier molecular flexibility index (Phi) is 4.76. The number of rotatable bonds is 4. The van der Waals surface area contributed by atoms with E-state index in [2.05, 4.69) is 11.9 Å². The van der Waals surface area contributed by atoms with Gasteiger partial charge in [0.15, 0.2) is 5.78 Å². The van der Waals surface area contributed by atoms with Crippen LogP contribution in [0.3, 0.4) is 0 Å². The molecule has 1 aliphatic rings. The fourth-order valence-electron chi connectivity index (χ4n) is 2.95. The van der Waals surface area contributed by atoms with Crippen molar-refractivity contribution in [1.82, 2.24) is 4.90 Å². The molecule has 2 nitrogen and oxygen atoms in total. The molecule has 1 aromatic rings. The molecule has 1 fully saturated rings. The monoisotopic (exact) mass is 259 g/mol. The van der Waals surface area contributed by atoms with Crippen LogP contribution in [0.25, 0.3) is 0 Å². The Bertz CT molecular complexity index is 417. The Hall–Kier alpha value is -1.15. The summed E-state index contributed by atoms with van der Waals surface area (Å²) in [7, 11) is 2.10. The first-order valence-electron chi connectivity index (χ1n) is 7.42. The highest BCUT2D eigenvalue weighted by Gasteiger charge is 2.26. The Balaban J connectivity index is 2.03. The SMILES string of the molecule is Cc1ccc(C(=O)C(C)N(C)C2CCCCC2)cc1. The number of likely N-dealkylation sites (N-methyl/N-ethyl adjacent to an activating group) is 1. The lowest BCUT2D eigenvalue weighted by atomic mass is 9.92. The molecule has 1 aliphatic carbocycles. The minimum atomic E-state index is -0.0224. The van der Waals surface area contributed by atoms with Gasteiger partial charge >= 0.3 is 0 Å².